The zero-order valence-corrected chi connectivity index (χ0v) is 18.8. The van der Waals surface area contributed by atoms with E-state index >= 15 is 0 Å². The molecule has 3 heterocycles. The normalized spacial score (nSPS) is 21.3. The van der Waals surface area contributed by atoms with Gasteiger partial charge in [0.2, 0.25) is 0 Å². The van der Waals surface area contributed by atoms with Gasteiger partial charge >= 0.3 is 0 Å². The minimum atomic E-state index is -3.78. The van der Waals surface area contributed by atoms with Gasteiger partial charge in [-0.2, -0.15) is 5.26 Å². The molecule has 9 heteroatoms. The molecular formula is C23H24N6O2S. The molecule has 0 spiro atoms. The van der Waals surface area contributed by atoms with Crippen molar-refractivity contribution >= 4 is 26.8 Å². The van der Waals surface area contributed by atoms with E-state index in [-0.39, 0.29) is 10.8 Å². The third-order valence-corrected chi connectivity index (χ3v) is 8.30. The minimum Gasteiger partial charge on any atom is -0.274 e. The van der Waals surface area contributed by atoms with Crippen molar-refractivity contribution < 1.29 is 8.42 Å². The molecule has 1 aromatic carbocycles. The van der Waals surface area contributed by atoms with Crippen LogP contribution in [0, 0.1) is 30.1 Å². The molecule has 1 aliphatic carbocycles. The van der Waals surface area contributed by atoms with Gasteiger partial charge in [-0.25, -0.2) is 17.4 Å². The molecular weight excluding hydrogens is 424 g/mol. The Morgan fingerprint density at radius 2 is 1.94 bits per heavy atom. The monoisotopic (exact) mass is 448 g/mol. The number of nitriles is 1. The van der Waals surface area contributed by atoms with Crippen LogP contribution in [0.5, 0.6) is 0 Å². The second-order valence-corrected chi connectivity index (χ2v) is 10.6. The van der Waals surface area contributed by atoms with E-state index in [1.165, 1.54) is 3.97 Å². The summed E-state index contributed by atoms with van der Waals surface area (Å²) in [5.74, 6) is 1.94. The van der Waals surface area contributed by atoms with E-state index in [0.29, 0.717) is 35.1 Å². The fourth-order valence-corrected chi connectivity index (χ4v) is 6.25. The topological polar surface area (TPSA) is 106 Å². The van der Waals surface area contributed by atoms with Gasteiger partial charge in [0.05, 0.1) is 22.7 Å². The number of nitrogens with zero attached hydrogens (tertiary/aromatic N) is 6. The molecule has 8 nitrogen and oxygen atoms in total. The Hall–Kier alpha value is -3.25. The predicted octanol–water partition coefficient (Wildman–Crippen LogP) is 4.06. The highest BCUT2D eigenvalue weighted by atomic mass is 32.2. The van der Waals surface area contributed by atoms with Gasteiger partial charge in [-0.1, -0.05) is 24.6 Å². The van der Waals surface area contributed by atoms with E-state index in [4.69, 9.17) is 5.26 Å². The summed E-state index contributed by atoms with van der Waals surface area (Å²) in [4.78, 5) is 4.64. The maximum Gasteiger partial charge on any atom is 0.269 e. The van der Waals surface area contributed by atoms with Gasteiger partial charge in [-0.05, 0) is 56.2 Å². The summed E-state index contributed by atoms with van der Waals surface area (Å²) >= 11 is 0. The molecule has 5 rings (SSSR count). The Morgan fingerprint density at radius 3 is 2.69 bits per heavy atom. The molecule has 1 saturated carbocycles. The lowest BCUT2D eigenvalue weighted by Crippen LogP contribution is -2.13. The van der Waals surface area contributed by atoms with Gasteiger partial charge < -0.3 is 0 Å². The predicted molar refractivity (Wildman–Crippen MR) is 120 cm³/mol. The van der Waals surface area contributed by atoms with Crippen LogP contribution in [0.3, 0.4) is 0 Å². The van der Waals surface area contributed by atoms with Crippen molar-refractivity contribution in [1.82, 2.24) is 23.6 Å². The van der Waals surface area contributed by atoms with Crippen molar-refractivity contribution in [3.05, 3.63) is 54.1 Å². The van der Waals surface area contributed by atoms with Crippen LogP contribution in [-0.4, -0.2) is 32.0 Å². The lowest BCUT2D eigenvalue weighted by Gasteiger charge is -2.14. The molecule has 1 fully saturated rings. The Bertz CT molecular complexity index is 1450. The maximum absolute atomic E-state index is 13.3. The highest BCUT2D eigenvalue weighted by Crippen LogP contribution is 2.44. The summed E-state index contributed by atoms with van der Waals surface area (Å²) in [6.45, 7) is 4.13. The van der Waals surface area contributed by atoms with Crippen molar-refractivity contribution in [3.8, 4) is 6.07 Å². The number of aromatic nitrogens is 5. The molecule has 0 amide bonds. The van der Waals surface area contributed by atoms with Crippen molar-refractivity contribution in [2.75, 3.05) is 0 Å². The molecule has 0 saturated heterocycles. The first-order valence-electron chi connectivity index (χ1n) is 10.8. The van der Waals surface area contributed by atoms with Crippen LogP contribution in [0.4, 0.5) is 0 Å². The van der Waals surface area contributed by atoms with E-state index < -0.39 is 10.0 Å². The fraction of sp³-hybridized carbons (Fsp3) is 0.391. The molecule has 0 aliphatic heterocycles. The lowest BCUT2D eigenvalue weighted by atomic mass is 9.97. The Labute approximate surface area is 186 Å². The summed E-state index contributed by atoms with van der Waals surface area (Å²) in [5.41, 5.74) is 2.62. The summed E-state index contributed by atoms with van der Waals surface area (Å²) in [6.07, 6.45) is 6.60. The van der Waals surface area contributed by atoms with Crippen LogP contribution in [0.2, 0.25) is 0 Å². The largest absolute Gasteiger partial charge is 0.274 e. The molecule has 3 aromatic heterocycles. The van der Waals surface area contributed by atoms with Gasteiger partial charge in [0, 0.05) is 18.5 Å². The zero-order valence-electron chi connectivity index (χ0n) is 18.0. The van der Waals surface area contributed by atoms with Crippen molar-refractivity contribution in [1.29, 1.82) is 5.26 Å². The highest BCUT2D eigenvalue weighted by molar-refractivity contribution is 7.90. The SMILES string of the molecule is Cc1ccc(S(=O)(=O)n2ccc3c2ncc2nnc(C4CC(CCC#N)CC4C)n23)cc1. The average Bonchev–Trinajstić information content (AvgIpc) is 3.48. The number of rotatable bonds is 5. The average molecular weight is 449 g/mol. The molecule has 0 radical (unpaired) electrons. The first-order valence-corrected chi connectivity index (χ1v) is 12.2. The second kappa shape index (κ2) is 7.71. The maximum atomic E-state index is 13.3. The van der Waals surface area contributed by atoms with Crippen molar-refractivity contribution in [3.63, 3.8) is 0 Å². The summed E-state index contributed by atoms with van der Waals surface area (Å²) in [6, 6.07) is 10.8. The second-order valence-electron chi connectivity index (χ2n) is 8.77. The van der Waals surface area contributed by atoms with Gasteiger partial charge in [0.15, 0.2) is 11.3 Å². The van der Waals surface area contributed by atoms with Crippen LogP contribution in [0.15, 0.2) is 47.6 Å². The zero-order chi connectivity index (χ0) is 22.5. The number of hydrogen-bond acceptors (Lipinski definition) is 6. The number of aryl methyl sites for hydroxylation is 1. The number of benzene rings is 1. The molecule has 0 bridgehead atoms. The van der Waals surface area contributed by atoms with Crippen LogP contribution < -0.4 is 0 Å². The van der Waals surface area contributed by atoms with E-state index in [0.717, 1.165) is 30.7 Å². The standard InChI is InChI=1S/C23H24N6O2S/c1-15-5-7-18(8-6-15)32(30,31)28-11-9-20-23(28)25-14-21-26-27-22(29(20)21)19-13-17(4-3-10-24)12-16(19)2/h5-9,11,14,16-17,19H,3-4,12-13H2,1-2H3. The highest BCUT2D eigenvalue weighted by Gasteiger charge is 2.35. The Kier molecular flexibility index (Phi) is 4.97. The van der Waals surface area contributed by atoms with Gasteiger partial charge in [-0.3, -0.25) is 4.40 Å². The van der Waals surface area contributed by atoms with E-state index in [9.17, 15) is 8.42 Å². The Morgan fingerprint density at radius 1 is 1.16 bits per heavy atom. The lowest BCUT2D eigenvalue weighted by molar-refractivity contribution is 0.484. The molecule has 1 aliphatic rings. The number of fused-ring (bicyclic) bond motifs is 3. The molecule has 3 unspecified atom stereocenters. The first-order chi connectivity index (χ1) is 15.4. The Balaban J connectivity index is 1.60. The quantitative estimate of drug-likeness (QED) is 0.456. The molecule has 3 atom stereocenters. The van der Waals surface area contributed by atoms with E-state index in [2.05, 4.69) is 28.2 Å². The van der Waals surface area contributed by atoms with Crippen molar-refractivity contribution in [2.24, 2.45) is 11.8 Å². The van der Waals surface area contributed by atoms with Gasteiger partial charge in [-0.15, -0.1) is 10.2 Å². The van der Waals surface area contributed by atoms with Gasteiger partial charge in [0.1, 0.15) is 5.82 Å². The van der Waals surface area contributed by atoms with Crippen LogP contribution in [0.25, 0.3) is 16.8 Å². The van der Waals surface area contributed by atoms with E-state index in [1.54, 1.807) is 42.7 Å². The molecule has 164 valence electrons. The third kappa shape index (κ3) is 3.26. The molecule has 4 aromatic rings. The summed E-state index contributed by atoms with van der Waals surface area (Å²) in [7, 11) is -3.78. The molecule has 0 N–H and O–H groups in total. The van der Waals surface area contributed by atoms with Crippen LogP contribution in [0.1, 0.15) is 49.9 Å². The summed E-state index contributed by atoms with van der Waals surface area (Å²) in [5, 5.41) is 17.7. The third-order valence-electron chi connectivity index (χ3n) is 6.62. The van der Waals surface area contributed by atoms with Crippen LogP contribution >= 0.6 is 0 Å². The summed E-state index contributed by atoms with van der Waals surface area (Å²) < 4.78 is 29.7. The smallest absolute Gasteiger partial charge is 0.269 e. The van der Waals surface area contributed by atoms with Crippen LogP contribution in [-0.2, 0) is 10.0 Å². The van der Waals surface area contributed by atoms with E-state index in [1.807, 2.05) is 11.3 Å². The molecule has 32 heavy (non-hydrogen) atoms. The fourth-order valence-electron chi connectivity index (χ4n) is 4.95. The minimum absolute atomic E-state index is 0.205. The number of hydrogen-bond donors (Lipinski definition) is 0. The van der Waals surface area contributed by atoms with Crippen molar-refractivity contribution in [2.45, 2.75) is 50.3 Å². The van der Waals surface area contributed by atoms with Gasteiger partial charge in [0.25, 0.3) is 10.0 Å². The first kappa shape index (κ1) is 20.6.